The summed E-state index contributed by atoms with van der Waals surface area (Å²) < 4.78 is 25.0. The van der Waals surface area contributed by atoms with E-state index in [-0.39, 0.29) is 0 Å². The third kappa shape index (κ3) is 10.2. The molecule has 11 rings (SSSR count). The van der Waals surface area contributed by atoms with Crippen molar-refractivity contribution in [3.05, 3.63) is 248 Å². The van der Waals surface area contributed by atoms with Gasteiger partial charge in [0.25, 0.3) is 0 Å². The number of hydrogen-bond acceptors (Lipinski definition) is 4. The second kappa shape index (κ2) is 25.0. The van der Waals surface area contributed by atoms with Gasteiger partial charge in [0.1, 0.15) is 0 Å². The molecular formula is C76H82O4. The van der Waals surface area contributed by atoms with E-state index in [2.05, 4.69) is 211 Å². The summed E-state index contributed by atoms with van der Waals surface area (Å²) in [6, 6.07) is 66.7. The highest BCUT2D eigenvalue weighted by molar-refractivity contribution is 6.10. The smallest absolute Gasteiger partial charge is 0.0716 e. The third-order valence-corrected chi connectivity index (χ3v) is 17.4. The van der Waals surface area contributed by atoms with Crippen LogP contribution in [0.4, 0.5) is 0 Å². The molecule has 80 heavy (non-hydrogen) atoms. The molecular weight excluding hydrogens is 977 g/mol. The minimum Gasteiger partial charge on any atom is -0.377 e. The summed E-state index contributed by atoms with van der Waals surface area (Å²) in [7, 11) is 0. The molecule has 0 heterocycles. The quantitative estimate of drug-likeness (QED) is 0.0507. The summed E-state index contributed by atoms with van der Waals surface area (Å²) in [5.41, 5.74) is 21.6. The highest BCUT2D eigenvalue weighted by Gasteiger charge is 2.52. The molecule has 9 aromatic rings. The van der Waals surface area contributed by atoms with E-state index >= 15 is 0 Å². The number of hydrogen-bond donors (Lipinski definition) is 0. The molecule has 0 atom stereocenters. The molecule has 0 aromatic heterocycles. The Kier molecular flexibility index (Phi) is 17.3. The molecule has 0 fully saturated rings. The first-order valence-corrected chi connectivity index (χ1v) is 30.4. The molecule has 410 valence electrons. The monoisotopic (exact) mass is 1060 g/mol. The number of ether oxygens (including phenoxy) is 4. The van der Waals surface area contributed by atoms with E-state index in [0.29, 0.717) is 26.4 Å². The maximum Gasteiger partial charge on any atom is 0.0716 e. The molecule has 0 saturated heterocycles. The minimum absolute atomic E-state index is 0.593. The molecule has 0 spiro atoms. The fourth-order valence-corrected chi connectivity index (χ4v) is 13.3. The second-order valence-electron chi connectivity index (χ2n) is 22.8. The average Bonchev–Trinajstić information content (AvgIpc) is 2.39. The number of aryl methyl sites for hydroxylation is 2. The van der Waals surface area contributed by atoms with Crippen molar-refractivity contribution >= 4 is 21.5 Å². The van der Waals surface area contributed by atoms with Crippen LogP contribution in [0.5, 0.6) is 0 Å². The molecule has 0 radical (unpaired) electrons. The van der Waals surface area contributed by atoms with E-state index in [0.717, 1.165) is 90.6 Å². The molecule has 4 nitrogen and oxygen atoms in total. The Labute approximate surface area is 477 Å². The van der Waals surface area contributed by atoms with E-state index < -0.39 is 10.8 Å². The number of fused-ring (bicyclic) bond motifs is 10. The first-order chi connectivity index (χ1) is 39.4. The van der Waals surface area contributed by atoms with Crippen molar-refractivity contribution in [3.63, 3.8) is 0 Å². The van der Waals surface area contributed by atoms with Crippen LogP contribution in [-0.2, 0) is 62.6 Å². The Bertz CT molecular complexity index is 3440. The fraction of sp³-hybridized carbons (Fsp3) is 0.342. The van der Waals surface area contributed by atoms with Crippen LogP contribution in [0.1, 0.15) is 170 Å². The lowest BCUT2D eigenvalue weighted by Crippen LogP contribution is -2.30. The standard InChI is InChI=1S/C76H82O4/c1-7-12-41-77-49-54-25-33-59(34-26-54)75(60-35-27-55(28-36-60)50-78-42-13-8-2)69-48-68-70(47-67(69)73-65-23-18-16-21-63(65)53(6)45-71(73)75)76(61-37-29-56(30-38-61)51-79-43-14-9-3,62-39-31-57(32-40-62)52-80-44-15-10-4)72-46-58(20-11-5)64-22-17-19-24-66(64)74(68)72/h16-19,21-40,45-48H,7-15,20,41-44,49-52H2,1-6H3. The first kappa shape index (κ1) is 55.3. The number of unbranched alkanes of at least 4 members (excludes halogenated alkanes) is 4. The summed E-state index contributed by atoms with van der Waals surface area (Å²) >= 11 is 0. The van der Waals surface area contributed by atoms with Gasteiger partial charge in [-0.3, -0.25) is 0 Å². The zero-order valence-corrected chi connectivity index (χ0v) is 48.5. The zero-order valence-electron chi connectivity index (χ0n) is 48.5. The normalized spacial score (nSPS) is 13.7. The molecule has 0 unspecified atom stereocenters. The second-order valence-corrected chi connectivity index (χ2v) is 22.8. The summed E-state index contributed by atoms with van der Waals surface area (Å²) in [6.45, 7) is 18.9. The zero-order chi connectivity index (χ0) is 55.1. The summed E-state index contributed by atoms with van der Waals surface area (Å²) in [6.07, 6.45) is 10.7. The van der Waals surface area contributed by atoms with Gasteiger partial charge in [-0.15, -0.1) is 0 Å². The van der Waals surface area contributed by atoms with Gasteiger partial charge in [-0.05, 0) is 173 Å². The van der Waals surface area contributed by atoms with Crippen LogP contribution in [0.15, 0.2) is 170 Å². The molecule has 0 aliphatic heterocycles. The van der Waals surface area contributed by atoms with Crippen molar-refractivity contribution in [2.24, 2.45) is 0 Å². The van der Waals surface area contributed by atoms with Gasteiger partial charge in [0.15, 0.2) is 0 Å². The largest absolute Gasteiger partial charge is 0.377 e. The molecule has 0 saturated carbocycles. The molecule has 2 aliphatic carbocycles. The summed E-state index contributed by atoms with van der Waals surface area (Å²) in [5.74, 6) is 0. The maximum atomic E-state index is 6.26. The first-order valence-electron chi connectivity index (χ1n) is 30.4. The lowest BCUT2D eigenvalue weighted by atomic mass is 9.65. The minimum atomic E-state index is -0.681. The van der Waals surface area contributed by atoms with E-state index in [1.54, 1.807) is 0 Å². The lowest BCUT2D eigenvalue weighted by molar-refractivity contribution is 0.118. The predicted molar refractivity (Wildman–Crippen MR) is 333 cm³/mol. The Morgan fingerprint density at radius 3 is 1.00 bits per heavy atom. The van der Waals surface area contributed by atoms with Crippen LogP contribution in [0.2, 0.25) is 0 Å². The van der Waals surface area contributed by atoms with Gasteiger partial charge < -0.3 is 18.9 Å². The van der Waals surface area contributed by atoms with Crippen molar-refractivity contribution in [2.45, 2.75) is 143 Å². The predicted octanol–water partition coefficient (Wildman–Crippen LogP) is 19.2. The van der Waals surface area contributed by atoms with Gasteiger partial charge in [0.2, 0.25) is 0 Å². The fourth-order valence-electron chi connectivity index (χ4n) is 13.3. The van der Waals surface area contributed by atoms with E-state index in [1.807, 2.05) is 0 Å². The topological polar surface area (TPSA) is 36.9 Å². The van der Waals surface area contributed by atoms with Crippen molar-refractivity contribution < 1.29 is 18.9 Å². The van der Waals surface area contributed by atoms with Crippen LogP contribution < -0.4 is 0 Å². The van der Waals surface area contributed by atoms with Crippen molar-refractivity contribution in [2.75, 3.05) is 26.4 Å². The van der Waals surface area contributed by atoms with E-state index in [9.17, 15) is 0 Å². The van der Waals surface area contributed by atoms with Gasteiger partial charge in [-0.1, -0.05) is 224 Å². The Morgan fingerprint density at radius 1 is 0.325 bits per heavy atom. The Hall–Kier alpha value is -6.66. The molecule has 4 heteroatoms. The molecule has 9 aromatic carbocycles. The number of rotatable bonds is 26. The Balaban J connectivity index is 1.23. The lowest BCUT2D eigenvalue weighted by Gasteiger charge is -2.36. The van der Waals surface area contributed by atoms with Crippen LogP contribution in [0.25, 0.3) is 43.8 Å². The van der Waals surface area contributed by atoms with Crippen LogP contribution in [0, 0.1) is 6.92 Å². The molecule has 0 amide bonds. The highest BCUT2D eigenvalue weighted by Crippen LogP contribution is 2.65. The van der Waals surface area contributed by atoms with Gasteiger partial charge in [-0.25, -0.2) is 0 Å². The molecule has 0 N–H and O–H groups in total. The summed E-state index contributed by atoms with van der Waals surface area (Å²) in [4.78, 5) is 0. The van der Waals surface area contributed by atoms with Crippen molar-refractivity contribution in [1.82, 2.24) is 0 Å². The van der Waals surface area contributed by atoms with Gasteiger partial charge in [-0.2, -0.15) is 0 Å². The Morgan fingerprint density at radius 2 is 0.650 bits per heavy atom. The van der Waals surface area contributed by atoms with Crippen molar-refractivity contribution in [1.29, 1.82) is 0 Å². The SMILES string of the molecule is CCCCOCc1ccc(C2(c3ccc(COCCCC)cc3)c3cc4c(cc3-c3c2cc(C)c2ccccc32)C(c2ccc(COCCCC)cc2)(c2ccc(COCCCC)cc2)c2cc(CCC)c3ccccc3c2-4)cc1. The van der Waals surface area contributed by atoms with Gasteiger partial charge in [0, 0.05) is 26.4 Å². The van der Waals surface area contributed by atoms with E-state index in [4.69, 9.17) is 18.9 Å². The third-order valence-electron chi connectivity index (χ3n) is 17.4. The van der Waals surface area contributed by atoms with Crippen LogP contribution in [-0.4, -0.2) is 26.4 Å². The van der Waals surface area contributed by atoms with Gasteiger partial charge in [0.05, 0.1) is 37.3 Å². The van der Waals surface area contributed by atoms with Crippen LogP contribution >= 0.6 is 0 Å². The van der Waals surface area contributed by atoms with Gasteiger partial charge >= 0.3 is 0 Å². The maximum absolute atomic E-state index is 6.26. The molecule has 0 bridgehead atoms. The van der Waals surface area contributed by atoms with Crippen molar-refractivity contribution in [3.8, 4) is 22.3 Å². The van der Waals surface area contributed by atoms with E-state index in [1.165, 1.54) is 122 Å². The summed E-state index contributed by atoms with van der Waals surface area (Å²) in [5, 5.41) is 5.20. The van der Waals surface area contributed by atoms with Crippen LogP contribution in [0.3, 0.4) is 0 Å². The molecule has 2 aliphatic rings. The highest BCUT2D eigenvalue weighted by atomic mass is 16.5. The number of benzene rings is 9. The average molecular weight is 1060 g/mol.